The van der Waals surface area contributed by atoms with Crippen molar-refractivity contribution < 1.29 is 30.7 Å². The highest BCUT2D eigenvalue weighted by molar-refractivity contribution is 5.94. The first kappa shape index (κ1) is 21.5. The van der Waals surface area contributed by atoms with Crippen molar-refractivity contribution in [3.05, 3.63) is 33.9 Å². The zero-order valence-electron chi connectivity index (χ0n) is 15.0. The highest BCUT2D eigenvalue weighted by Gasteiger charge is 2.19. The van der Waals surface area contributed by atoms with E-state index in [9.17, 15) is 24.8 Å². The Bertz CT molecular complexity index is 636. The van der Waals surface area contributed by atoms with Gasteiger partial charge in [-0.1, -0.05) is 6.07 Å². The molecule has 0 saturated heterocycles. The first-order valence-corrected chi connectivity index (χ1v) is 8.73. The number of unbranched alkanes of at least 4 members (excludes halogenated alkanes) is 3. The fourth-order valence-corrected chi connectivity index (χ4v) is 2.52. The van der Waals surface area contributed by atoms with Crippen molar-refractivity contribution in [1.29, 1.82) is 0 Å². The van der Waals surface area contributed by atoms with Crippen LogP contribution in [0, 0.1) is 17.0 Å². The van der Waals surface area contributed by atoms with E-state index in [0.717, 1.165) is 32.2 Å². The molecule has 0 fully saturated rings. The number of hydrogen-bond acceptors (Lipinski definition) is 5. The number of nitro groups is 1. The Morgan fingerprint density at radius 3 is 2.58 bits per heavy atom. The fourth-order valence-electron chi connectivity index (χ4n) is 2.52. The lowest BCUT2D eigenvalue weighted by molar-refractivity contribution is -0.682. The second-order valence-corrected chi connectivity index (χ2v) is 6.23. The van der Waals surface area contributed by atoms with Crippen LogP contribution in [0.3, 0.4) is 0 Å². The summed E-state index contributed by atoms with van der Waals surface area (Å²) in [5.74, 6) is -1.82. The number of quaternary nitrogens is 2. The largest absolute Gasteiger partial charge is 0.544 e. The van der Waals surface area contributed by atoms with E-state index in [-0.39, 0.29) is 12.1 Å². The predicted octanol–water partition coefficient (Wildman–Crippen LogP) is -1.28. The molecule has 0 aliphatic rings. The zero-order chi connectivity index (χ0) is 19.5. The molecule has 0 aliphatic heterocycles. The normalized spacial score (nSPS) is 11.8. The maximum atomic E-state index is 12.1. The van der Waals surface area contributed by atoms with E-state index >= 15 is 0 Å². The molecule has 0 unspecified atom stereocenters. The third kappa shape index (κ3) is 7.58. The standard InChI is InChI=1S/C17H26N4O5/c1-12-6-7-13(21(25)26)10-14(12)20-16(22)11-15(17(23)24)19-9-5-3-2-4-8-18/h6-7,10,15,19H,2-5,8-9,11,18H2,1H3,(H,20,22)(H,23,24)/p+1/t15-/m0/s1. The van der Waals surface area contributed by atoms with Crippen LogP contribution in [0.15, 0.2) is 18.2 Å². The Hall–Kier alpha value is -2.52. The quantitative estimate of drug-likeness (QED) is 0.238. The van der Waals surface area contributed by atoms with E-state index in [0.29, 0.717) is 17.8 Å². The number of nitrogens with one attached hydrogen (secondary N) is 1. The lowest BCUT2D eigenvalue weighted by Crippen LogP contribution is -2.93. The molecule has 1 aromatic carbocycles. The number of nitrogens with two attached hydrogens (primary N) is 1. The van der Waals surface area contributed by atoms with Gasteiger partial charge in [-0.2, -0.15) is 0 Å². The lowest BCUT2D eigenvalue weighted by Gasteiger charge is -2.17. The van der Waals surface area contributed by atoms with Crippen LogP contribution in [0.1, 0.15) is 37.7 Å². The molecular formula is C17H27N4O5+. The number of carbonyl (C=O) groups is 2. The highest BCUT2D eigenvalue weighted by atomic mass is 16.6. The molecule has 144 valence electrons. The third-order valence-electron chi connectivity index (χ3n) is 4.07. The van der Waals surface area contributed by atoms with Gasteiger partial charge in [0.1, 0.15) is 6.04 Å². The third-order valence-corrected chi connectivity index (χ3v) is 4.07. The summed E-state index contributed by atoms with van der Waals surface area (Å²) < 4.78 is 0. The first-order valence-electron chi connectivity index (χ1n) is 8.73. The number of anilines is 1. The lowest BCUT2D eigenvalue weighted by atomic mass is 10.1. The van der Waals surface area contributed by atoms with Crippen LogP contribution in [0.2, 0.25) is 0 Å². The molecule has 1 amide bonds. The van der Waals surface area contributed by atoms with Crippen LogP contribution in [-0.4, -0.2) is 35.9 Å². The Morgan fingerprint density at radius 1 is 1.27 bits per heavy atom. The van der Waals surface area contributed by atoms with Gasteiger partial charge in [0.25, 0.3) is 5.69 Å². The summed E-state index contributed by atoms with van der Waals surface area (Å²) >= 11 is 0. The van der Waals surface area contributed by atoms with Gasteiger partial charge in [0.15, 0.2) is 0 Å². The van der Waals surface area contributed by atoms with Gasteiger partial charge in [0.2, 0.25) is 5.91 Å². The van der Waals surface area contributed by atoms with Gasteiger partial charge in [-0.3, -0.25) is 14.9 Å². The molecule has 26 heavy (non-hydrogen) atoms. The summed E-state index contributed by atoms with van der Waals surface area (Å²) in [6.45, 7) is 3.19. The molecule has 0 aliphatic carbocycles. The molecule has 0 spiro atoms. The molecule has 0 heterocycles. The second kappa shape index (κ2) is 11.2. The van der Waals surface area contributed by atoms with Crippen LogP contribution in [0.25, 0.3) is 0 Å². The van der Waals surface area contributed by atoms with E-state index in [1.165, 1.54) is 18.2 Å². The number of nitrogens with zero attached hydrogens (tertiary/aromatic N) is 1. The van der Waals surface area contributed by atoms with Crippen LogP contribution >= 0.6 is 0 Å². The molecular weight excluding hydrogens is 340 g/mol. The Morgan fingerprint density at radius 2 is 1.96 bits per heavy atom. The summed E-state index contributed by atoms with van der Waals surface area (Å²) in [6, 6.07) is 3.15. The van der Waals surface area contributed by atoms with Crippen molar-refractivity contribution in [2.24, 2.45) is 0 Å². The average Bonchev–Trinajstić information content (AvgIpc) is 2.58. The molecule has 1 rings (SSSR count). The highest BCUT2D eigenvalue weighted by Crippen LogP contribution is 2.21. The molecule has 6 N–H and O–H groups in total. The Balaban J connectivity index is 2.56. The number of carbonyl (C=O) groups excluding carboxylic acids is 2. The number of carboxylic acids is 1. The molecule has 1 aromatic rings. The van der Waals surface area contributed by atoms with Crippen LogP contribution in [-0.2, 0) is 9.59 Å². The number of amides is 1. The Labute approximate surface area is 152 Å². The van der Waals surface area contributed by atoms with Crippen molar-refractivity contribution in [2.75, 3.05) is 18.4 Å². The maximum Gasteiger partial charge on any atom is 0.271 e. The molecule has 0 radical (unpaired) electrons. The number of hydrogen-bond donors (Lipinski definition) is 3. The SMILES string of the molecule is Cc1ccc([N+](=O)[O-])cc1NC(=O)C[C@H]([NH2+]CCCCCC[NH3+])C(=O)[O-]. The van der Waals surface area contributed by atoms with Crippen molar-refractivity contribution in [3.63, 3.8) is 0 Å². The van der Waals surface area contributed by atoms with Crippen LogP contribution in [0.5, 0.6) is 0 Å². The van der Waals surface area contributed by atoms with E-state index < -0.39 is 22.8 Å². The van der Waals surface area contributed by atoms with Crippen molar-refractivity contribution >= 4 is 23.3 Å². The first-order chi connectivity index (χ1) is 12.3. The van der Waals surface area contributed by atoms with Gasteiger partial charge in [0, 0.05) is 12.1 Å². The topological polar surface area (TPSA) is 157 Å². The maximum absolute atomic E-state index is 12.1. The van der Waals surface area contributed by atoms with Crippen molar-refractivity contribution in [1.82, 2.24) is 0 Å². The minimum Gasteiger partial charge on any atom is -0.544 e. The summed E-state index contributed by atoms with van der Waals surface area (Å²) in [5, 5.41) is 26.2. The number of nitro benzene ring substituents is 1. The van der Waals surface area contributed by atoms with E-state index in [1.54, 1.807) is 12.2 Å². The number of aliphatic carboxylic acids is 1. The van der Waals surface area contributed by atoms with Gasteiger partial charge in [-0.05, 0) is 38.2 Å². The number of aryl methyl sites for hydroxylation is 1. The van der Waals surface area contributed by atoms with Gasteiger partial charge in [-0.15, -0.1) is 0 Å². The molecule has 0 saturated carbocycles. The van der Waals surface area contributed by atoms with E-state index in [2.05, 4.69) is 11.1 Å². The smallest absolute Gasteiger partial charge is 0.271 e. The second-order valence-electron chi connectivity index (χ2n) is 6.23. The number of carboxylic acid groups (broad SMARTS) is 1. The monoisotopic (exact) mass is 367 g/mol. The Kier molecular flexibility index (Phi) is 9.24. The average molecular weight is 367 g/mol. The summed E-state index contributed by atoms with van der Waals surface area (Å²) in [5.41, 5.74) is 4.58. The molecule has 0 aromatic heterocycles. The van der Waals surface area contributed by atoms with Crippen LogP contribution in [0.4, 0.5) is 11.4 Å². The molecule has 0 bridgehead atoms. The summed E-state index contributed by atoms with van der Waals surface area (Å²) in [7, 11) is 0. The van der Waals surface area contributed by atoms with E-state index in [1.807, 2.05) is 0 Å². The minimum atomic E-state index is -1.30. The zero-order valence-corrected chi connectivity index (χ0v) is 15.0. The summed E-state index contributed by atoms with van der Waals surface area (Å²) in [4.78, 5) is 33.7. The van der Waals surface area contributed by atoms with E-state index in [4.69, 9.17) is 0 Å². The van der Waals surface area contributed by atoms with Gasteiger partial charge in [-0.25, -0.2) is 0 Å². The number of rotatable bonds is 12. The minimum absolute atomic E-state index is 0.142. The number of benzene rings is 1. The number of non-ortho nitro benzene ring substituents is 1. The predicted molar refractivity (Wildman–Crippen MR) is 92.9 cm³/mol. The molecule has 9 heteroatoms. The molecule has 9 nitrogen and oxygen atoms in total. The van der Waals surface area contributed by atoms with Crippen LogP contribution < -0.4 is 21.5 Å². The fraction of sp³-hybridized carbons (Fsp3) is 0.529. The van der Waals surface area contributed by atoms with Crippen molar-refractivity contribution in [3.8, 4) is 0 Å². The van der Waals surface area contributed by atoms with Gasteiger partial charge < -0.3 is 26.3 Å². The molecule has 1 atom stereocenters. The van der Waals surface area contributed by atoms with Gasteiger partial charge in [0.05, 0.1) is 36.1 Å². The summed E-state index contributed by atoms with van der Waals surface area (Å²) in [6.07, 6.45) is 3.69. The van der Waals surface area contributed by atoms with Crippen molar-refractivity contribution in [2.45, 2.75) is 45.1 Å². The van der Waals surface area contributed by atoms with Gasteiger partial charge >= 0.3 is 0 Å².